The molecule has 2 aromatic carbocycles. The summed E-state index contributed by atoms with van der Waals surface area (Å²) >= 11 is 1.59. The monoisotopic (exact) mass is 282 g/mol. The Morgan fingerprint density at radius 2 is 1.70 bits per heavy atom. The third-order valence-corrected chi connectivity index (χ3v) is 4.06. The van der Waals surface area contributed by atoms with Crippen molar-refractivity contribution in [2.24, 2.45) is 4.99 Å². The zero-order valence-corrected chi connectivity index (χ0v) is 11.6. The van der Waals surface area contributed by atoms with E-state index in [9.17, 15) is 4.79 Å². The Morgan fingerprint density at radius 3 is 2.40 bits per heavy atom. The minimum absolute atomic E-state index is 0.106. The molecule has 0 fully saturated rings. The largest absolute Gasteiger partial charge is 0.301 e. The highest BCUT2D eigenvalue weighted by Gasteiger charge is 2.21. The first kappa shape index (κ1) is 12.9. The Labute approximate surface area is 122 Å². The maximum Gasteiger partial charge on any atom is 0.257 e. The zero-order chi connectivity index (χ0) is 13.8. The summed E-state index contributed by atoms with van der Waals surface area (Å²) in [6, 6.07) is 19.5. The van der Waals surface area contributed by atoms with E-state index < -0.39 is 0 Å². The molecule has 0 radical (unpaired) electrons. The van der Waals surface area contributed by atoms with Crippen molar-refractivity contribution < 1.29 is 4.79 Å². The number of aliphatic imine (C=N–C) groups is 1. The standard InChI is InChI=1S/C16H14N2OS/c19-15(13-9-5-2-6-10-13)18-16-17-14(11-20-16)12-7-3-1-4-8-12/h1-10,14H,11H2,(H,17,18,19). The summed E-state index contributed by atoms with van der Waals surface area (Å²) in [7, 11) is 0. The van der Waals surface area contributed by atoms with Crippen LogP contribution in [0.25, 0.3) is 0 Å². The van der Waals surface area contributed by atoms with E-state index in [-0.39, 0.29) is 11.9 Å². The number of nitrogens with one attached hydrogen (secondary N) is 1. The number of rotatable bonds is 2. The molecule has 0 saturated carbocycles. The molecule has 1 amide bonds. The van der Waals surface area contributed by atoms with Gasteiger partial charge in [-0.05, 0) is 17.7 Å². The van der Waals surface area contributed by atoms with E-state index in [2.05, 4.69) is 22.4 Å². The first-order valence-electron chi connectivity index (χ1n) is 6.45. The number of nitrogens with zero attached hydrogens (tertiary/aromatic N) is 1. The van der Waals surface area contributed by atoms with Gasteiger partial charge in [0.1, 0.15) is 0 Å². The summed E-state index contributed by atoms with van der Waals surface area (Å²) in [4.78, 5) is 16.6. The van der Waals surface area contributed by atoms with Gasteiger partial charge in [0, 0.05) is 11.3 Å². The molecular formula is C16H14N2OS. The highest BCUT2D eigenvalue weighted by molar-refractivity contribution is 8.14. The lowest BCUT2D eigenvalue weighted by Crippen LogP contribution is -2.27. The van der Waals surface area contributed by atoms with Crippen LogP contribution in [-0.2, 0) is 0 Å². The molecule has 0 bridgehead atoms. The Hall–Kier alpha value is -2.07. The second kappa shape index (κ2) is 5.92. The predicted molar refractivity (Wildman–Crippen MR) is 83.0 cm³/mol. The molecule has 1 N–H and O–H groups in total. The topological polar surface area (TPSA) is 41.5 Å². The lowest BCUT2D eigenvalue weighted by Gasteiger charge is -2.04. The lowest BCUT2D eigenvalue weighted by atomic mass is 10.1. The van der Waals surface area contributed by atoms with Crippen LogP contribution in [0.15, 0.2) is 65.7 Å². The quantitative estimate of drug-likeness (QED) is 0.918. The lowest BCUT2D eigenvalue weighted by molar-refractivity contribution is 0.0978. The molecule has 1 aliphatic rings. The summed E-state index contributed by atoms with van der Waals surface area (Å²) in [6.07, 6.45) is 0. The fraction of sp³-hybridized carbons (Fsp3) is 0.125. The van der Waals surface area contributed by atoms with Gasteiger partial charge in [0.15, 0.2) is 5.17 Å². The molecule has 1 aliphatic heterocycles. The maximum atomic E-state index is 12.0. The van der Waals surface area contributed by atoms with Crippen molar-refractivity contribution in [1.82, 2.24) is 5.32 Å². The van der Waals surface area contributed by atoms with Crippen LogP contribution in [0.4, 0.5) is 0 Å². The minimum atomic E-state index is -0.106. The van der Waals surface area contributed by atoms with Gasteiger partial charge in [0.25, 0.3) is 5.91 Å². The number of amidine groups is 1. The van der Waals surface area contributed by atoms with Crippen LogP contribution in [0, 0.1) is 0 Å². The molecule has 2 aromatic rings. The Balaban J connectivity index is 1.69. The average molecular weight is 282 g/mol. The van der Waals surface area contributed by atoms with Crippen molar-refractivity contribution in [2.75, 3.05) is 5.75 Å². The van der Waals surface area contributed by atoms with Crippen LogP contribution in [0.5, 0.6) is 0 Å². The molecule has 0 aliphatic carbocycles. The van der Waals surface area contributed by atoms with Crippen molar-refractivity contribution in [2.45, 2.75) is 6.04 Å². The fourth-order valence-corrected chi connectivity index (χ4v) is 3.00. The van der Waals surface area contributed by atoms with Gasteiger partial charge in [-0.15, -0.1) is 0 Å². The van der Waals surface area contributed by atoms with Gasteiger partial charge in [-0.2, -0.15) is 0 Å². The molecule has 3 rings (SSSR count). The van der Waals surface area contributed by atoms with Crippen LogP contribution in [-0.4, -0.2) is 16.8 Å². The molecule has 4 heteroatoms. The number of amides is 1. The number of benzene rings is 2. The second-order valence-corrected chi connectivity index (χ2v) is 5.50. The molecule has 1 unspecified atom stereocenters. The maximum absolute atomic E-state index is 12.0. The van der Waals surface area contributed by atoms with Crippen molar-refractivity contribution >= 4 is 22.8 Å². The van der Waals surface area contributed by atoms with Crippen LogP contribution in [0.1, 0.15) is 22.0 Å². The number of thioether (sulfide) groups is 1. The summed E-state index contributed by atoms with van der Waals surface area (Å²) in [5, 5.41) is 3.57. The molecule has 1 heterocycles. The predicted octanol–water partition coefficient (Wildman–Crippen LogP) is 3.26. The number of hydrogen-bond acceptors (Lipinski definition) is 3. The van der Waals surface area contributed by atoms with Gasteiger partial charge in [0.05, 0.1) is 6.04 Å². The van der Waals surface area contributed by atoms with Crippen LogP contribution < -0.4 is 5.32 Å². The first-order chi connectivity index (χ1) is 9.83. The van der Waals surface area contributed by atoms with Crippen molar-refractivity contribution in [3.05, 3.63) is 71.8 Å². The van der Waals surface area contributed by atoms with Gasteiger partial charge in [-0.25, -0.2) is 0 Å². The Kier molecular flexibility index (Phi) is 3.83. The highest BCUT2D eigenvalue weighted by Crippen LogP contribution is 2.29. The van der Waals surface area contributed by atoms with Crippen molar-refractivity contribution in [1.29, 1.82) is 0 Å². The molecular weight excluding hydrogens is 268 g/mol. The molecule has 0 saturated heterocycles. The Bertz CT molecular complexity index is 625. The smallest absolute Gasteiger partial charge is 0.257 e. The van der Waals surface area contributed by atoms with Crippen LogP contribution in [0.2, 0.25) is 0 Å². The van der Waals surface area contributed by atoms with E-state index in [4.69, 9.17) is 0 Å². The van der Waals surface area contributed by atoms with E-state index in [0.29, 0.717) is 10.7 Å². The molecule has 100 valence electrons. The molecule has 20 heavy (non-hydrogen) atoms. The Morgan fingerprint density at radius 1 is 1.05 bits per heavy atom. The molecule has 3 nitrogen and oxygen atoms in total. The van der Waals surface area contributed by atoms with E-state index >= 15 is 0 Å². The van der Waals surface area contributed by atoms with Gasteiger partial charge in [-0.3, -0.25) is 9.79 Å². The SMILES string of the molecule is O=C(NC1=NC(c2ccccc2)CS1)c1ccccc1. The third-order valence-electron chi connectivity index (χ3n) is 3.09. The number of carbonyl (C=O) groups is 1. The zero-order valence-electron chi connectivity index (χ0n) is 10.8. The van der Waals surface area contributed by atoms with E-state index in [1.807, 2.05) is 36.4 Å². The normalized spacial score (nSPS) is 17.6. The van der Waals surface area contributed by atoms with Gasteiger partial charge in [-0.1, -0.05) is 60.3 Å². The summed E-state index contributed by atoms with van der Waals surface area (Å²) in [5.74, 6) is 0.763. The molecule has 1 atom stereocenters. The third kappa shape index (κ3) is 2.91. The summed E-state index contributed by atoms with van der Waals surface area (Å²) < 4.78 is 0. The second-order valence-electron chi connectivity index (χ2n) is 4.49. The number of carbonyl (C=O) groups excluding carboxylic acids is 1. The first-order valence-corrected chi connectivity index (χ1v) is 7.43. The minimum Gasteiger partial charge on any atom is -0.301 e. The van der Waals surface area contributed by atoms with Crippen LogP contribution >= 0.6 is 11.8 Å². The van der Waals surface area contributed by atoms with Crippen LogP contribution in [0.3, 0.4) is 0 Å². The summed E-state index contributed by atoms with van der Waals surface area (Å²) in [6.45, 7) is 0. The van der Waals surface area contributed by atoms with E-state index in [1.54, 1.807) is 23.9 Å². The number of hydrogen-bond donors (Lipinski definition) is 1. The van der Waals surface area contributed by atoms with Crippen molar-refractivity contribution in [3.63, 3.8) is 0 Å². The molecule has 0 aromatic heterocycles. The van der Waals surface area contributed by atoms with E-state index in [0.717, 1.165) is 5.75 Å². The van der Waals surface area contributed by atoms with Gasteiger partial charge in [0.2, 0.25) is 0 Å². The van der Waals surface area contributed by atoms with E-state index in [1.165, 1.54) is 5.56 Å². The van der Waals surface area contributed by atoms with Gasteiger partial charge < -0.3 is 5.32 Å². The fourth-order valence-electron chi connectivity index (χ4n) is 2.05. The van der Waals surface area contributed by atoms with Crippen molar-refractivity contribution in [3.8, 4) is 0 Å². The summed E-state index contributed by atoms with van der Waals surface area (Å²) in [5.41, 5.74) is 1.84. The molecule has 0 spiro atoms. The van der Waals surface area contributed by atoms with Gasteiger partial charge >= 0.3 is 0 Å². The average Bonchev–Trinajstić information content (AvgIpc) is 2.97. The highest BCUT2D eigenvalue weighted by atomic mass is 32.2.